The van der Waals surface area contributed by atoms with Crippen LogP contribution in [0.15, 0.2) is 54.6 Å². The van der Waals surface area contributed by atoms with Crippen molar-refractivity contribution in [1.29, 1.82) is 0 Å². The van der Waals surface area contributed by atoms with Gasteiger partial charge in [0.2, 0.25) is 5.82 Å². The van der Waals surface area contributed by atoms with E-state index in [1.807, 2.05) is 41.8 Å². The van der Waals surface area contributed by atoms with E-state index in [1.54, 1.807) is 0 Å². The number of nitrogens with one attached hydrogen (secondary N) is 1. The lowest BCUT2D eigenvalue weighted by Gasteiger charge is -2.24. The summed E-state index contributed by atoms with van der Waals surface area (Å²) in [6.45, 7) is 6.22. The van der Waals surface area contributed by atoms with E-state index in [1.165, 1.54) is 0 Å². The largest absolute Gasteiger partial charge is 0.329 e. The molecule has 0 saturated heterocycles. The maximum absolute atomic E-state index is 4.83. The molecule has 1 N–H and O–H groups in total. The van der Waals surface area contributed by atoms with Gasteiger partial charge in [-0.3, -0.25) is 0 Å². The third kappa shape index (κ3) is 3.20. The molecule has 0 unspecified atom stereocenters. The van der Waals surface area contributed by atoms with Crippen LogP contribution in [-0.4, -0.2) is 42.3 Å². The monoisotopic (exact) mass is 424 g/mol. The van der Waals surface area contributed by atoms with Gasteiger partial charge in [0.15, 0.2) is 5.65 Å². The van der Waals surface area contributed by atoms with Crippen molar-refractivity contribution in [2.75, 3.05) is 11.9 Å². The van der Waals surface area contributed by atoms with Crippen LogP contribution in [0.1, 0.15) is 23.9 Å². The lowest BCUT2D eigenvalue weighted by atomic mass is 9.97. The lowest BCUT2D eigenvalue weighted by Crippen LogP contribution is -2.16. The van der Waals surface area contributed by atoms with Gasteiger partial charge in [0, 0.05) is 41.2 Å². The van der Waals surface area contributed by atoms with Gasteiger partial charge >= 0.3 is 0 Å². The third-order valence-corrected chi connectivity index (χ3v) is 5.87. The molecule has 8 nitrogen and oxygen atoms in total. The van der Waals surface area contributed by atoms with Crippen molar-refractivity contribution in [3.8, 4) is 22.5 Å². The van der Waals surface area contributed by atoms with Gasteiger partial charge in [0.25, 0.3) is 0 Å². The van der Waals surface area contributed by atoms with E-state index in [-0.39, 0.29) is 0 Å². The van der Waals surface area contributed by atoms with Crippen LogP contribution in [0, 0.1) is 13.8 Å². The maximum atomic E-state index is 4.83. The summed E-state index contributed by atoms with van der Waals surface area (Å²) in [5.74, 6) is 1.53. The van der Waals surface area contributed by atoms with Crippen molar-refractivity contribution in [2.24, 2.45) is 0 Å². The summed E-state index contributed by atoms with van der Waals surface area (Å²) in [5.41, 5.74) is 8.08. The highest BCUT2D eigenvalue weighted by Crippen LogP contribution is 2.38. The molecule has 0 aliphatic rings. The molecule has 5 rings (SSSR count). The Kier molecular flexibility index (Phi) is 4.89. The summed E-state index contributed by atoms with van der Waals surface area (Å²) in [5, 5.41) is 19.5. The Hall–Kier alpha value is -4.07. The SMILES string of the molecule is CCc1cc(N(C)c2ccccc2-c2ccccc2-c2nn[nH]n2)n2nc(C)c(C)c2n1. The van der Waals surface area contributed by atoms with E-state index in [9.17, 15) is 0 Å². The fourth-order valence-electron chi connectivity index (χ4n) is 3.99. The van der Waals surface area contributed by atoms with Crippen LogP contribution in [0.3, 0.4) is 0 Å². The Bertz CT molecular complexity index is 1400. The predicted molar refractivity (Wildman–Crippen MR) is 125 cm³/mol. The Morgan fingerprint density at radius 2 is 1.69 bits per heavy atom. The average Bonchev–Trinajstić information content (AvgIpc) is 3.47. The molecule has 0 bridgehead atoms. The number of fused-ring (bicyclic) bond motifs is 1. The van der Waals surface area contributed by atoms with Crippen molar-refractivity contribution in [1.82, 2.24) is 35.2 Å². The highest BCUT2D eigenvalue weighted by Gasteiger charge is 2.19. The fraction of sp³-hybridized carbons (Fsp3) is 0.208. The molecule has 3 heterocycles. The molecule has 0 amide bonds. The number of para-hydroxylation sites is 1. The van der Waals surface area contributed by atoms with Gasteiger partial charge in [-0.2, -0.15) is 14.8 Å². The normalized spacial score (nSPS) is 11.2. The smallest absolute Gasteiger partial charge is 0.205 e. The molecule has 8 heteroatoms. The van der Waals surface area contributed by atoms with Crippen LogP contribution in [0.25, 0.3) is 28.2 Å². The number of tetrazole rings is 1. The van der Waals surface area contributed by atoms with E-state index >= 15 is 0 Å². The van der Waals surface area contributed by atoms with Crippen LogP contribution in [0.4, 0.5) is 11.5 Å². The second-order valence-electron chi connectivity index (χ2n) is 7.76. The summed E-state index contributed by atoms with van der Waals surface area (Å²) in [6.07, 6.45) is 0.851. The first-order valence-corrected chi connectivity index (χ1v) is 10.6. The van der Waals surface area contributed by atoms with Gasteiger partial charge in [-0.05, 0) is 37.1 Å². The number of anilines is 2. The molecule has 0 radical (unpaired) electrons. The predicted octanol–water partition coefficient (Wildman–Crippen LogP) is 4.52. The highest BCUT2D eigenvalue weighted by atomic mass is 15.5. The van der Waals surface area contributed by atoms with Crippen molar-refractivity contribution >= 4 is 17.2 Å². The molecule has 32 heavy (non-hydrogen) atoms. The Morgan fingerprint density at radius 1 is 0.969 bits per heavy atom. The molecule has 0 spiro atoms. The standard InChI is InChI=1S/C24H24N8/c1-5-17-14-22(32-24(25-17)15(2)16(3)28-32)31(4)21-13-9-8-11-19(21)18-10-6-7-12-20(18)23-26-29-30-27-23/h6-14H,5H2,1-4H3,(H,26,27,29,30). The van der Waals surface area contributed by atoms with E-state index in [0.29, 0.717) is 5.82 Å². The quantitative estimate of drug-likeness (QED) is 0.446. The zero-order valence-electron chi connectivity index (χ0n) is 18.5. The summed E-state index contributed by atoms with van der Waals surface area (Å²) in [7, 11) is 2.07. The topological polar surface area (TPSA) is 87.9 Å². The number of rotatable bonds is 5. The van der Waals surface area contributed by atoms with E-state index in [0.717, 1.165) is 57.2 Å². The summed E-state index contributed by atoms with van der Waals surface area (Å²) >= 11 is 0. The highest BCUT2D eigenvalue weighted by molar-refractivity contribution is 5.89. The Labute approximate surface area is 185 Å². The minimum Gasteiger partial charge on any atom is -0.329 e. The van der Waals surface area contributed by atoms with Gasteiger partial charge in [-0.15, -0.1) is 10.2 Å². The number of aryl methyl sites for hydroxylation is 3. The average molecular weight is 425 g/mol. The summed E-state index contributed by atoms with van der Waals surface area (Å²) in [6, 6.07) is 18.5. The molecular weight excluding hydrogens is 400 g/mol. The molecule has 0 saturated carbocycles. The van der Waals surface area contributed by atoms with Gasteiger partial charge in [0.1, 0.15) is 5.82 Å². The van der Waals surface area contributed by atoms with Crippen LogP contribution < -0.4 is 4.90 Å². The molecule has 0 fully saturated rings. The molecule has 0 atom stereocenters. The van der Waals surface area contributed by atoms with Crippen LogP contribution in [0.5, 0.6) is 0 Å². The number of aromatic amines is 1. The zero-order valence-corrected chi connectivity index (χ0v) is 18.5. The molecule has 160 valence electrons. The number of nitrogens with zero attached hydrogens (tertiary/aromatic N) is 7. The van der Waals surface area contributed by atoms with Gasteiger partial charge in [0.05, 0.1) is 5.69 Å². The minimum absolute atomic E-state index is 0.566. The number of hydrogen-bond donors (Lipinski definition) is 1. The fourth-order valence-corrected chi connectivity index (χ4v) is 3.99. The first-order chi connectivity index (χ1) is 15.6. The van der Waals surface area contributed by atoms with E-state index in [4.69, 9.17) is 10.1 Å². The molecular formula is C24H24N8. The number of hydrogen-bond acceptors (Lipinski definition) is 6. The van der Waals surface area contributed by atoms with Gasteiger partial charge in [-0.1, -0.05) is 49.4 Å². The van der Waals surface area contributed by atoms with Gasteiger partial charge < -0.3 is 4.90 Å². The van der Waals surface area contributed by atoms with E-state index in [2.05, 4.69) is 70.7 Å². The second kappa shape index (κ2) is 7.88. The third-order valence-electron chi connectivity index (χ3n) is 5.87. The number of aromatic nitrogens is 7. The number of benzene rings is 2. The first kappa shape index (κ1) is 19.9. The maximum Gasteiger partial charge on any atom is 0.205 e. The molecule has 2 aromatic carbocycles. The minimum atomic E-state index is 0.566. The lowest BCUT2D eigenvalue weighted by molar-refractivity contribution is 0.877. The van der Waals surface area contributed by atoms with Crippen LogP contribution in [0.2, 0.25) is 0 Å². The van der Waals surface area contributed by atoms with Crippen molar-refractivity contribution in [3.63, 3.8) is 0 Å². The van der Waals surface area contributed by atoms with Crippen LogP contribution in [-0.2, 0) is 6.42 Å². The molecule has 0 aliphatic heterocycles. The molecule has 5 aromatic rings. The second-order valence-corrected chi connectivity index (χ2v) is 7.76. The summed E-state index contributed by atoms with van der Waals surface area (Å²) in [4.78, 5) is 6.99. The first-order valence-electron chi connectivity index (χ1n) is 10.6. The van der Waals surface area contributed by atoms with Crippen molar-refractivity contribution < 1.29 is 0 Å². The van der Waals surface area contributed by atoms with Crippen molar-refractivity contribution in [2.45, 2.75) is 27.2 Å². The molecule has 0 aliphatic carbocycles. The van der Waals surface area contributed by atoms with E-state index < -0.39 is 0 Å². The van der Waals surface area contributed by atoms with Crippen LogP contribution >= 0.6 is 0 Å². The van der Waals surface area contributed by atoms with Gasteiger partial charge in [-0.25, -0.2) is 4.98 Å². The molecule has 3 aromatic heterocycles. The number of H-pyrrole nitrogens is 1. The Morgan fingerprint density at radius 3 is 2.41 bits per heavy atom. The summed E-state index contributed by atoms with van der Waals surface area (Å²) < 4.78 is 1.94. The Balaban J connectivity index is 1.71. The zero-order chi connectivity index (χ0) is 22.2. The van der Waals surface area contributed by atoms with Crippen molar-refractivity contribution in [3.05, 3.63) is 71.5 Å².